The molecule has 114 valence electrons. The van der Waals surface area contributed by atoms with Crippen molar-refractivity contribution >= 4 is 29.6 Å². The van der Waals surface area contributed by atoms with E-state index in [1.807, 2.05) is 0 Å². The number of esters is 1. The Hall–Kier alpha value is -2.02. The molecule has 0 aromatic heterocycles. The summed E-state index contributed by atoms with van der Waals surface area (Å²) in [4.78, 5) is 33.1. The van der Waals surface area contributed by atoms with E-state index in [0.717, 1.165) is 5.56 Å². The van der Waals surface area contributed by atoms with Crippen LogP contribution in [0.1, 0.15) is 22.8 Å². The molecule has 0 aliphatic carbocycles. The molecule has 21 heavy (non-hydrogen) atoms. The molecular weight excluding hydrogens is 294 g/mol. The van der Waals surface area contributed by atoms with Gasteiger partial charge in [-0.05, 0) is 17.7 Å². The van der Waals surface area contributed by atoms with Gasteiger partial charge in [0, 0.05) is 18.4 Å². The standard InChI is InChI=1S/C14H17NO5S/c1-9(16)15-12(13(17)18)8-21-7-10-3-5-11(6-4-10)14(19)20-2/h3-6,12H,7-8H2,1-2H3,(H,15,16)(H,17,18). The van der Waals surface area contributed by atoms with Gasteiger partial charge in [0.05, 0.1) is 12.7 Å². The second-order valence-electron chi connectivity index (χ2n) is 4.29. The van der Waals surface area contributed by atoms with Crippen molar-refractivity contribution in [3.05, 3.63) is 35.4 Å². The number of rotatable bonds is 7. The molecule has 7 heteroatoms. The van der Waals surface area contributed by atoms with Crippen molar-refractivity contribution in [1.82, 2.24) is 5.32 Å². The predicted octanol–water partition coefficient (Wildman–Crippen LogP) is 1.30. The van der Waals surface area contributed by atoms with Crippen LogP contribution in [-0.2, 0) is 20.1 Å². The number of ether oxygens (including phenoxy) is 1. The molecule has 6 nitrogen and oxygen atoms in total. The fourth-order valence-electron chi connectivity index (χ4n) is 1.57. The lowest BCUT2D eigenvalue weighted by atomic mass is 10.1. The van der Waals surface area contributed by atoms with E-state index in [2.05, 4.69) is 10.1 Å². The van der Waals surface area contributed by atoms with Crippen LogP contribution < -0.4 is 5.32 Å². The Kier molecular flexibility index (Phi) is 6.74. The van der Waals surface area contributed by atoms with Crippen LogP contribution in [0.15, 0.2) is 24.3 Å². The zero-order valence-electron chi connectivity index (χ0n) is 11.8. The van der Waals surface area contributed by atoms with E-state index in [-0.39, 0.29) is 11.7 Å². The summed E-state index contributed by atoms with van der Waals surface area (Å²) in [5, 5.41) is 11.3. The van der Waals surface area contributed by atoms with Gasteiger partial charge in [0.1, 0.15) is 6.04 Å². The Morgan fingerprint density at radius 1 is 1.29 bits per heavy atom. The van der Waals surface area contributed by atoms with Crippen molar-refractivity contribution in [1.29, 1.82) is 0 Å². The molecule has 0 aliphatic rings. The number of amides is 1. The number of carbonyl (C=O) groups excluding carboxylic acids is 2. The monoisotopic (exact) mass is 311 g/mol. The normalized spacial score (nSPS) is 11.5. The highest BCUT2D eigenvalue weighted by atomic mass is 32.2. The van der Waals surface area contributed by atoms with Gasteiger partial charge >= 0.3 is 11.9 Å². The molecule has 0 heterocycles. The predicted molar refractivity (Wildman–Crippen MR) is 79.2 cm³/mol. The van der Waals surface area contributed by atoms with Crippen molar-refractivity contribution in [3.63, 3.8) is 0 Å². The first-order valence-corrected chi connectivity index (χ1v) is 7.34. The van der Waals surface area contributed by atoms with Crippen LogP contribution in [0.4, 0.5) is 0 Å². The van der Waals surface area contributed by atoms with E-state index in [9.17, 15) is 14.4 Å². The maximum absolute atomic E-state index is 11.3. The van der Waals surface area contributed by atoms with E-state index in [1.54, 1.807) is 24.3 Å². The highest BCUT2D eigenvalue weighted by molar-refractivity contribution is 7.98. The van der Waals surface area contributed by atoms with Crippen molar-refractivity contribution in [2.45, 2.75) is 18.7 Å². The lowest BCUT2D eigenvalue weighted by molar-refractivity contribution is -0.140. The number of hydrogen-bond acceptors (Lipinski definition) is 5. The van der Waals surface area contributed by atoms with Gasteiger partial charge in [-0.2, -0.15) is 11.8 Å². The number of aliphatic carboxylic acids is 1. The molecule has 1 rings (SSSR count). The number of methoxy groups -OCH3 is 1. The summed E-state index contributed by atoms with van der Waals surface area (Å²) in [7, 11) is 1.32. The largest absolute Gasteiger partial charge is 0.480 e. The van der Waals surface area contributed by atoms with Gasteiger partial charge in [-0.1, -0.05) is 12.1 Å². The minimum absolute atomic E-state index is 0.271. The second-order valence-corrected chi connectivity index (χ2v) is 5.33. The summed E-state index contributed by atoms with van der Waals surface area (Å²) in [6.45, 7) is 1.28. The molecule has 0 bridgehead atoms. The molecule has 1 atom stereocenters. The van der Waals surface area contributed by atoms with Crippen LogP contribution in [-0.4, -0.2) is 41.9 Å². The summed E-state index contributed by atoms with van der Waals surface area (Å²) >= 11 is 1.39. The smallest absolute Gasteiger partial charge is 0.337 e. The zero-order valence-corrected chi connectivity index (χ0v) is 12.6. The molecule has 1 unspecified atom stereocenters. The maximum atomic E-state index is 11.3. The minimum Gasteiger partial charge on any atom is -0.480 e. The number of carbonyl (C=O) groups is 3. The van der Waals surface area contributed by atoms with Gasteiger partial charge in [-0.25, -0.2) is 9.59 Å². The number of thioether (sulfide) groups is 1. The Balaban J connectivity index is 2.49. The number of hydrogen-bond donors (Lipinski definition) is 2. The Labute approximate surface area is 126 Å². The second kappa shape index (κ2) is 8.31. The van der Waals surface area contributed by atoms with Crippen molar-refractivity contribution in [2.75, 3.05) is 12.9 Å². The van der Waals surface area contributed by atoms with Crippen LogP contribution in [0.3, 0.4) is 0 Å². The summed E-state index contributed by atoms with van der Waals surface area (Å²) in [5.74, 6) is -0.964. The highest BCUT2D eigenvalue weighted by Crippen LogP contribution is 2.14. The maximum Gasteiger partial charge on any atom is 0.337 e. The molecule has 0 spiro atoms. The third-order valence-electron chi connectivity index (χ3n) is 2.60. The van der Waals surface area contributed by atoms with E-state index in [0.29, 0.717) is 11.3 Å². The van der Waals surface area contributed by atoms with E-state index >= 15 is 0 Å². The average Bonchev–Trinajstić information content (AvgIpc) is 2.45. The van der Waals surface area contributed by atoms with E-state index in [1.165, 1.54) is 25.8 Å². The molecule has 1 amide bonds. The molecule has 0 radical (unpaired) electrons. The molecule has 0 saturated carbocycles. The highest BCUT2D eigenvalue weighted by Gasteiger charge is 2.17. The summed E-state index contributed by atoms with van der Waals surface area (Å²) in [6.07, 6.45) is 0. The lowest BCUT2D eigenvalue weighted by Crippen LogP contribution is -2.41. The Morgan fingerprint density at radius 3 is 2.38 bits per heavy atom. The summed E-state index contributed by atoms with van der Waals surface area (Å²) < 4.78 is 4.60. The first-order valence-electron chi connectivity index (χ1n) is 6.19. The van der Waals surface area contributed by atoms with Crippen LogP contribution in [0.25, 0.3) is 0 Å². The molecular formula is C14H17NO5S. The van der Waals surface area contributed by atoms with Gasteiger partial charge in [-0.15, -0.1) is 0 Å². The van der Waals surface area contributed by atoms with Gasteiger partial charge in [-0.3, -0.25) is 4.79 Å². The van der Waals surface area contributed by atoms with Gasteiger partial charge in [0.15, 0.2) is 0 Å². The average molecular weight is 311 g/mol. The minimum atomic E-state index is -1.06. The fourth-order valence-corrected chi connectivity index (χ4v) is 2.58. The summed E-state index contributed by atoms with van der Waals surface area (Å²) in [6, 6.07) is 5.98. The summed E-state index contributed by atoms with van der Waals surface area (Å²) in [5.41, 5.74) is 1.42. The van der Waals surface area contributed by atoms with Crippen molar-refractivity contribution in [2.24, 2.45) is 0 Å². The van der Waals surface area contributed by atoms with Crippen LogP contribution >= 0.6 is 11.8 Å². The third kappa shape index (κ3) is 5.86. The van der Waals surface area contributed by atoms with Gasteiger partial charge in [0.25, 0.3) is 0 Å². The first-order chi connectivity index (χ1) is 9.93. The number of carboxylic acids is 1. The Bertz CT molecular complexity index is 515. The quantitative estimate of drug-likeness (QED) is 0.737. The first kappa shape index (κ1) is 17.0. The number of nitrogens with one attached hydrogen (secondary N) is 1. The SMILES string of the molecule is COC(=O)c1ccc(CSCC(NC(C)=O)C(=O)O)cc1. The topological polar surface area (TPSA) is 92.7 Å². The third-order valence-corrected chi connectivity index (χ3v) is 3.71. The Morgan fingerprint density at radius 2 is 1.90 bits per heavy atom. The lowest BCUT2D eigenvalue weighted by Gasteiger charge is -2.12. The fraction of sp³-hybridized carbons (Fsp3) is 0.357. The van der Waals surface area contributed by atoms with Crippen molar-refractivity contribution < 1.29 is 24.2 Å². The van der Waals surface area contributed by atoms with E-state index < -0.39 is 18.0 Å². The van der Waals surface area contributed by atoms with Crippen molar-refractivity contribution in [3.8, 4) is 0 Å². The molecule has 0 saturated heterocycles. The number of benzene rings is 1. The number of carboxylic acid groups (broad SMARTS) is 1. The van der Waals surface area contributed by atoms with Crippen LogP contribution in [0.5, 0.6) is 0 Å². The molecule has 1 aromatic carbocycles. The molecule has 2 N–H and O–H groups in total. The molecule has 0 aliphatic heterocycles. The van der Waals surface area contributed by atoms with Gasteiger partial charge < -0.3 is 15.2 Å². The van der Waals surface area contributed by atoms with Crippen LogP contribution in [0, 0.1) is 0 Å². The van der Waals surface area contributed by atoms with E-state index in [4.69, 9.17) is 5.11 Å². The van der Waals surface area contributed by atoms with Gasteiger partial charge in [0.2, 0.25) is 5.91 Å². The molecule has 1 aromatic rings. The zero-order chi connectivity index (χ0) is 15.8. The molecule has 0 fully saturated rings. The van der Waals surface area contributed by atoms with Crippen LogP contribution in [0.2, 0.25) is 0 Å².